The van der Waals surface area contributed by atoms with Crippen LogP contribution in [0.3, 0.4) is 0 Å². The average Bonchev–Trinajstić information content (AvgIpc) is 2.29. The fourth-order valence-corrected chi connectivity index (χ4v) is 0.888. The summed E-state index contributed by atoms with van der Waals surface area (Å²) in [5.41, 5.74) is 5.14. The predicted molar refractivity (Wildman–Crippen MR) is 66.1 cm³/mol. The zero-order valence-electron chi connectivity index (χ0n) is 9.54. The van der Waals surface area contributed by atoms with Gasteiger partial charge in [0.15, 0.2) is 0 Å². The molecule has 0 aliphatic carbocycles. The van der Waals surface area contributed by atoms with Crippen LogP contribution in [0.2, 0.25) is 0 Å². The molecule has 0 aromatic rings. The van der Waals surface area contributed by atoms with Gasteiger partial charge >= 0.3 is 11.8 Å². The summed E-state index contributed by atoms with van der Waals surface area (Å²) in [5.74, 6) is -2.11. The first-order valence-corrected chi connectivity index (χ1v) is 5.49. The van der Waals surface area contributed by atoms with E-state index in [1.165, 1.54) is 0 Å². The summed E-state index contributed by atoms with van der Waals surface area (Å²) in [5, 5.41) is 6.92. The second-order valence-electron chi connectivity index (χ2n) is 3.18. The molecule has 0 atom stereocenters. The molecule has 96 valence electrons. The van der Waals surface area contributed by atoms with Crippen molar-refractivity contribution in [2.75, 3.05) is 19.6 Å². The van der Waals surface area contributed by atoms with Crippen molar-refractivity contribution < 1.29 is 14.4 Å². The van der Waals surface area contributed by atoms with E-state index in [2.05, 4.69) is 28.2 Å². The minimum atomic E-state index is -0.895. The first-order valence-electron chi connectivity index (χ1n) is 5.08. The number of nitrogens with one attached hydrogen (secondary N) is 3. The van der Waals surface area contributed by atoms with Gasteiger partial charge in [0.1, 0.15) is 0 Å². The predicted octanol–water partition coefficient (Wildman–Crippen LogP) is -1.97. The molecule has 0 fully saturated rings. The highest BCUT2D eigenvalue weighted by molar-refractivity contribution is 7.80. The Morgan fingerprint density at radius 2 is 1.59 bits per heavy atom. The second-order valence-corrected chi connectivity index (χ2v) is 3.71. The number of carbonyl (C=O) groups is 3. The van der Waals surface area contributed by atoms with Crippen molar-refractivity contribution in [1.29, 1.82) is 0 Å². The number of nitrogens with two attached hydrogens (primary N) is 1. The van der Waals surface area contributed by atoms with Gasteiger partial charge in [-0.3, -0.25) is 14.4 Å². The van der Waals surface area contributed by atoms with Crippen LogP contribution in [-0.4, -0.2) is 42.3 Å². The third-order valence-corrected chi connectivity index (χ3v) is 1.76. The van der Waals surface area contributed by atoms with Gasteiger partial charge in [-0.25, -0.2) is 0 Å². The lowest BCUT2D eigenvalue weighted by Crippen LogP contribution is -2.45. The van der Waals surface area contributed by atoms with E-state index in [-0.39, 0.29) is 24.0 Å². The van der Waals surface area contributed by atoms with Gasteiger partial charge in [0.2, 0.25) is 5.91 Å². The Balaban J connectivity index is 3.81. The second kappa shape index (κ2) is 8.45. The van der Waals surface area contributed by atoms with Gasteiger partial charge in [0.25, 0.3) is 0 Å². The van der Waals surface area contributed by atoms with E-state index in [1.807, 2.05) is 6.92 Å². The summed E-state index contributed by atoms with van der Waals surface area (Å²) in [4.78, 5) is 33.4. The lowest BCUT2D eigenvalue weighted by molar-refractivity contribution is -0.139. The summed E-state index contributed by atoms with van der Waals surface area (Å²) in [7, 11) is 0. The molecule has 0 aromatic heterocycles. The number of amides is 3. The van der Waals surface area contributed by atoms with E-state index >= 15 is 0 Å². The van der Waals surface area contributed by atoms with Crippen LogP contribution in [0.4, 0.5) is 0 Å². The molecule has 0 heterocycles. The zero-order chi connectivity index (χ0) is 13.3. The molecule has 7 nitrogen and oxygen atoms in total. The molecule has 0 rings (SSSR count). The van der Waals surface area contributed by atoms with Gasteiger partial charge in [0.05, 0.1) is 18.1 Å². The standard InChI is InChI=1S/C9H16N4O3S/c1-2-3-11-7(14)5-13-9(16)8(15)12-4-6(10)17/h2-5H2,1H3,(H2,10,17)(H,11,14)(H,12,15)(H,13,16). The molecule has 0 aliphatic rings. The smallest absolute Gasteiger partial charge is 0.309 e. The molecule has 0 spiro atoms. The van der Waals surface area contributed by atoms with Crippen LogP contribution in [-0.2, 0) is 14.4 Å². The largest absolute Gasteiger partial charge is 0.392 e. The third-order valence-electron chi connectivity index (χ3n) is 1.61. The number of thiocarbonyl (C=S) groups is 1. The fraction of sp³-hybridized carbons (Fsp3) is 0.556. The van der Waals surface area contributed by atoms with Gasteiger partial charge in [-0.2, -0.15) is 0 Å². The molecule has 0 unspecified atom stereocenters. The first-order chi connectivity index (χ1) is 7.97. The normalized spacial score (nSPS) is 9.24. The number of hydrogen-bond donors (Lipinski definition) is 4. The third kappa shape index (κ3) is 8.14. The van der Waals surface area contributed by atoms with Crippen LogP contribution in [0.1, 0.15) is 13.3 Å². The van der Waals surface area contributed by atoms with Gasteiger partial charge in [-0.05, 0) is 6.42 Å². The van der Waals surface area contributed by atoms with E-state index in [9.17, 15) is 14.4 Å². The quantitative estimate of drug-likeness (QED) is 0.327. The lowest BCUT2D eigenvalue weighted by Gasteiger charge is -2.06. The van der Waals surface area contributed by atoms with E-state index < -0.39 is 11.8 Å². The number of rotatable bonds is 6. The van der Waals surface area contributed by atoms with Crippen molar-refractivity contribution in [3.63, 3.8) is 0 Å². The highest BCUT2D eigenvalue weighted by atomic mass is 32.1. The molecule has 17 heavy (non-hydrogen) atoms. The van der Waals surface area contributed by atoms with Crippen LogP contribution in [0.5, 0.6) is 0 Å². The van der Waals surface area contributed by atoms with Gasteiger partial charge in [0, 0.05) is 6.54 Å². The molecular weight excluding hydrogens is 244 g/mol. The highest BCUT2D eigenvalue weighted by Gasteiger charge is 2.13. The van der Waals surface area contributed by atoms with Crippen molar-refractivity contribution >= 4 is 34.9 Å². The molecule has 0 aromatic carbocycles. The minimum absolute atomic E-state index is 0.0520. The van der Waals surface area contributed by atoms with E-state index in [0.29, 0.717) is 6.54 Å². The molecule has 5 N–H and O–H groups in total. The Bertz CT molecular complexity index is 319. The summed E-state index contributed by atoms with van der Waals surface area (Å²) < 4.78 is 0. The molecule has 0 aliphatic heterocycles. The van der Waals surface area contributed by atoms with Crippen molar-refractivity contribution in [2.45, 2.75) is 13.3 Å². The SMILES string of the molecule is CCCNC(=O)CNC(=O)C(=O)NCC(N)=S. The van der Waals surface area contributed by atoms with Crippen LogP contribution in [0, 0.1) is 0 Å². The van der Waals surface area contributed by atoms with Gasteiger partial charge < -0.3 is 21.7 Å². The number of hydrogen-bond acceptors (Lipinski definition) is 4. The molecule has 3 amide bonds. The monoisotopic (exact) mass is 260 g/mol. The molecule has 0 saturated heterocycles. The van der Waals surface area contributed by atoms with E-state index in [4.69, 9.17) is 5.73 Å². The maximum Gasteiger partial charge on any atom is 0.309 e. The topological polar surface area (TPSA) is 113 Å². The van der Waals surface area contributed by atoms with Gasteiger partial charge in [-0.15, -0.1) is 0 Å². The van der Waals surface area contributed by atoms with Crippen molar-refractivity contribution in [3.8, 4) is 0 Å². The van der Waals surface area contributed by atoms with Crippen LogP contribution >= 0.6 is 12.2 Å². The van der Waals surface area contributed by atoms with Crippen molar-refractivity contribution in [1.82, 2.24) is 16.0 Å². The summed E-state index contributed by atoms with van der Waals surface area (Å²) in [6, 6.07) is 0. The maximum atomic E-state index is 11.1. The zero-order valence-corrected chi connectivity index (χ0v) is 10.4. The Labute approximate surface area is 104 Å². The van der Waals surface area contributed by atoms with Crippen LogP contribution < -0.4 is 21.7 Å². The Morgan fingerprint density at radius 3 is 2.06 bits per heavy atom. The molecule has 0 radical (unpaired) electrons. The fourth-order valence-electron chi connectivity index (χ4n) is 0.815. The average molecular weight is 260 g/mol. The summed E-state index contributed by atoms with van der Waals surface area (Å²) in [6.07, 6.45) is 0.800. The van der Waals surface area contributed by atoms with Crippen LogP contribution in [0.15, 0.2) is 0 Å². The summed E-state index contributed by atoms with van der Waals surface area (Å²) >= 11 is 4.52. The van der Waals surface area contributed by atoms with E-state index in [0.717, 1.165) is 6.42 Å². The van der Waals surface area contributed by atoms with E-state index in [1.54, 1.807) is 0 Å². The minimum Gasteiger partial charge on any atom is -0.392 e. The number of carbonyl (C=O) groups excluding carboxylic acids is 3. The Kier molecular flexibility index (Phi) is 7.61. The molecule has 0 bridgehead atoms. The summed E-state index contributed by atoms with van der Waals surface area (Å²) in [6.45, 7) is 2.15. The molecule has 0 saturated carbocycles. The Morgan fingerprint density at radius 1 is 1.06 bits per heavy atom. The van der Waals surface area contributed by atoms with Crippen molar-refractivity contribution in [3.05, 3.63) is 0 Å². The first kappa shape index (κ1) is 15.3. The van der Waals surface area contributed by atoms with Gasteiger partial charge in [-0.1, -0.05) is 19.1 Å². The highest BCUT2D eigenvalue weighted by Crippen LogP contribution is 1.73. The maximum absolute atomic E-state index is 11.1. The molecular formula is C9H16N4O3S. The van der Waals surface area contributed by atoms with Crippen LogP contribution in [0.25, 0.3) is 0 Å². The lowest BCUT2D eigenvalue weighted by atomic mass is 10.4. The Hall–Kier alpha value is -1.70. The molecule has 8 heteroatoms. The van der Waals surface area contributed by atoms with Crippen molar-refractivity contribution in [2.24, 2.45) is 5.73 Å².